The number of phenols is 1. The molecule has 3 rings (SSSR count). The van der Waals surface area contributed by atoms with E-state index in [2.05, 4.69) is 5.32 Å². The van der Waals surface area contributed by atoms with Gasteiger partial charge in [0.15, 0.2) is 11.5 Å². The standard InChI is InChI=1S/C20H17Cl2NO3/c1-10(2)5-18(24)12-3-4-17-13(9-12)14(20(26)23-17)6-11-7-15(21)19(25)16(22)8-11/h3-4,6-10,25H,5H2,1-2H3,(H,23,26). The van der Waals surface area contributed by atoms with Gasteiger partial charge in [0.25, 0.3) is 5.91 Å². The van der Waals surface area contributed by atoms with E-state index in [1.807, 2.05) is 13.8 Å². The molecule has 0 unspecified atom stereocenters. The smallest absolute Gasteiger partial charge is 0.256 e. The highest BCUT2D eigenvalue weighted by molar-refractivity contribution is 6.38. The molecule has 1 aliphatic heterocycles. The molecular weight excluding hydrogens is 373 g/mol. The summed E-state index contributed by atoms with van der Waals surface area (Å²) in [6, 6.07) is 8.23. The lowest BCUT2D eigenvalue weighted by Gasteiger charge is -2.07. The minimum atomic E-state index is -0.270. The molecule has 0 radical (unpaired) electrons. The SMILES string of the molecule is CC(C)CC(=O)c1ccc2c(c1)C(=Cc1cc(Cl)c(O)c(Cl)c1)C(=O)N2. The predicted molar refractivity (Wildman–Crippen MR) is 105 cm³/mol. The van der Waals surface area contributed by atoms with Crippen molar-refractivity contribution in [2.24, 2.45) is 5.92 Å². The average molecular weight is 390 g/mol. The average Bonchev–Trinajstić information content (AvgIpc) is 2.87. The fraction of sp³-hybridized carbons (Fsp3) is 0.200. The van der Waals surface area contributed by atoms with Gasteiger partial charge in [-0.1, -0.05) is 37.0 Å². The Morgan fingerprint density at radius 1 is 1.19 bits per heavy atom. The maximum atomic E-state index is 12.4. The van der Waals surface area contributed by atoms with E-state index in [0.717, 1.165) is 0 Å². The first-order valence-corrected chi connectivity index (χ1v) is 8.90. The fourth-order valence-corrected chi connectivity index (χ4v) is 3.33. The number of halogens is 2. The lowest BCUT2D eigenvalue weighted by Crippen LogP contribution is -2.03. The summed E-state index contributed by atoms with van der Waals surface area (Å²) in [5.41, 5.74) is 2.87. The van der Waals surface area contributed by atoms with Crippen molar-refractivity contribution in [3.8, 4) is 5.75 Å². The van der Waals surface area contributed by atoms with E-state index in [1.54, 1.807) is 24.3 Å². The highest BCUT2D eigenvalue weighted by atomic mass is 35.5. The van der Waals surface area contributed by atoms with Crippen LogP contribution in [0.3, 0.4) is 0 Å². The van der Waals surface area contributed by atoms with Gasteiger partial charge in [-0.05, 0) is 47.9 Å². The van der Waals surface area contributed by atoms with E-state index >= 15 is 0 Å². The van der Waals surface area contributed by atoms with E-state index in [4.69, 9.17) is 23.2 Å². The first-order chi connectivity index (χ1) is 12.3. The van der Waals surface area contributed by atoms with Gasteiger partial charge in [-0.15, -0.1) is 0 Å². The van der Waals surface area contributed by atoms with Gasteiger partial charge in [0, 0.05) is 28.8 Å². The van der Waals surface area contributed by atoms with Crippen molar-refractivity contribution >= 4 is 52.2 Å². The van der Waals surface area contributed by atoms with E-state index in [9.17, 15) is 14.7 Å². The van der Waals surface area contributed by atoms with Crippen molar-refractivity contribution in [3.05, 3.63) is 57.1 Å². The number of ketones is 1. The number of nitrogens with one attached hydrogen (secondary N) is 1. The number of phenolic OH excluding ortho intramolecular Hbond substituents is 1. The summed E-state index contributed by atoms with van der Waals surface area (Å²) in [5.74, 6) is -0.175. The number of amides is 1. The van der Waals surface area contributed by atoms with Gasteiger partial charge in [-0.2, -0.15) is 0 Å². The van der Waals surface area contributed by atoms with Crippen LogP contribution in [0.15, 0.2) is 30.3 Å². The number of Topliss-reactive ketones (excluding diaryl/α,β-unsaturated/α-hetero) is 1. The molecule has 0 atom stereocenters. The molecule has 6 heteroatoms. The molecule has 1 heterocycles. The maximum Gasteiger partial charge on any atom is 0.256 e. The number of fused-ring (bicyclic) bond motifs is 1. The molecule has 0 fully saturated rings. The molecule has 1 amide bonds. The Balaban J connectivity index is 2.04. The fourth-order valence-electron chi connectivity index (χ4n) is 2.83. The first-order valence-electron chi connectivity index (χ1n) is 8.15. The Bertz CT molecular complexity index is 925. The van der Waals surface area contributed by atoms with Crippen molar-refractivity contribution in [2.45, 2.75) is 20.3 Å². The first kappa shape index (κ1) is 18.5. The van der Waals surface area contributed by atoms with Crippen LogP contribution in [0.1, 0.15) is 41.8 Å². The van der Waals surface area contributed by atoms with Crippen LogP contribution in [0.25, 0.3) is 11.6 Å². The molecule has 2 N–H and O–H groups in total. The van der Waals surface area contributed by atoms with Crippen LogP contribution in [-0.2, 0) is 4.79 Å². The monoisotopic (exact) mass is 389 g/mol. The molecule has 1 aliphatic rings. The third-order valence-electron chi connectivity index (χ3n) is 4.07. The maximum absolute atomic E-state index is 12.4. The number of anilines is 1. The predicted octanol–water partition coefficient (Wildman–Crippen LogP) is 5.42. The third-order valence-corrected chi connectivity index (χ3v) is 4.64. The molecule has 0 saturated heterocycles. The zero-order valence-electron chi connectivity index (χ0n) is 14.3. The van der Waals surface area contributed by atoms with Gasteiger partial charge in [-0.25, -0.2) is 0 Å². The van der Waals surface area contributed by atoms with Crippen molar-refractivity contribution in [1.82, 2.24) is 0 Å². The van der Waals surface area contributed by atoms with Crippen molar-refractivity contribution in [2.75, 3.05) is 5.32 Å². The minimum absolute atomic E-state index is 0.0391. The Hall–Kier alpha value is -2.30. The van der Waals surface area contributed by atoms with Gasteiger partial charge in [0.2, 0.25) is 0 Å². The van der Waals surface area contributed by atoms with Gasteiger partial charge >= 0.3 is 0 Å². The summed E-state index contributed by atoms with van der Waals surface area (Å²) in [5, 5.41) is 12.7. The van der Waals surface area contributed by atoms with E-state index < -0.39 is 0 Å². The lowest BCUT2D eigenvalue weighted by molar-refractivity contribution is -0.110. The van der Waals surface area contributed by atoms with Crippen molar-refractivity contribution in [3.63, 3.8) is 0 Å². The summed E-state index contributed by atoms with van der Waals surface area (Å²) < 4.78 is 0. The minimum Gasteiger partial charge on any atom is -0.505 e. The zero-order chi connectivity index (χ0) is 19.0. The number of hydrogen-bond donors (Lipinski definition) is 2. The normalized spacial score (nSPS) is 14.7. The van der Waals surface area contributed by atoms with Crippen LogP contribution in [0.2, 0.25) is 10.0 Å². The molecule has 0 saturated carbocycles. The van der Waals surface area contributed by atoms with Gasteiger partial charge in [-0.3, -0.25) is 9.59 Å². The molecular formula is C20H17Cl2NO3. The van der Waals surface area contributed by atoms with Crippen LogP contribution in [0.4, 0.5) is 5.69 Å². The van der Waals surface area contributed by atoms with Gasteiger partial charge in [0.05, 0.1) is 10.0 Å². The highest BCUT2D eigenvalue weighted by Gasteiger charge is 2.25. The lowest BCUT2D eigenvalue weighted by atomic mass is 9.96. The second kappa shape index (κ2) is 7.14. The number of aromatic hydroxyl groups is 1. The molecule has 4 nitrogen and oxygen atoms in total. The molecule has 0 aliphatic carbocycles. The topological polar surface area (TPSA) is 66.4 Å². The Labute approximate surface area is 161 Å². The third kappa shape index (κ3) is 3.62. The van der Waals surface area contributed by atoms with Crippen LogP contribution in [0, 0.1) is 5.92 Å². The summed E-state index contributed by atoms with van der Waals surface area (Å²) in [4.78, 5) is 24.7. The molecule has 134 valence electrons. The van der Waals surface area contributed by atoms with E-state index in [-0.39, 0.29) is 33.4 Å². The molecule has 0 bridgehead atoms. The Morgan fingerprint density at radius 2 is 1.85 bits per heavy atom. The molecule has 2 aromatic carbocycles. The van der Waals surface area contributed by atoms with Crippen LogP contribution >= 0.6 is 23.2 Å². The van der Waals surface area contributed by atoms with E-state index in [0.29, 0.717) is 34.4 Å². The van der Waals surface area contributed by atoms with Crippen LogP contribution in [0.5, 0.6) is 5.75 Å². The van der Waals surface area contributed by atoms with Crippen molar-refractivity contribution in [1.29, 1.82) is 0 Å². The summed E-state index contributed by atoms with van der Waals surface area (Å²) in [6.45, 7) is 3.97. The summed E-state index contributed by atoms with van der Waals surface area (Å²) in [6.07, 6.45) is 2.08. The molecule has 0 aromatic heterocycles. The Kier molecular flexibility index (Phi) is 5.08. The van der Waals surface area contributed by atoms with Gasteiger partial charge < -0.3 is 10.4 Å². The Morgan fingerprint density at radius 3 is 2.46 bits per heavy atom. The largest absolute Gasteiger partial charge is 0.505 e. The molecule has 2 aromatic rings. The summed E-state index contributed by atoms with van der Waals surface area (Å²) >= 11 is 11.9. The highest BCUT2D eigenvalue weighted by Crippen LogP contribution is 2.37. The number of benzene rings is 2. The van der Waals surface area contributed by atoms with Crippen molar-refractivity contribution < 1.29 is 14.7 Å². The van der Waals surface area contributed by atoms with Crippen LogP contribution < -0.4 is 5.32 Å². The van der Waals surface area contributed by atoms with E-state index in [1.165, 1.54) is 12.1 Å². The second-order valence-electron chi connectivity index (χ2n) is 6.63. The second-order valence-corrected chi connectivity index (χ2v) is 7.44. The molecule has 0 spiro atoms. The van der Waals surface area contributed by atoms with Gasteiger partial charge in [0.1, 0.15) is 0 Å². The zero-order valence-corrected chi connectivity index (χ0v) is 15.8. The number of carbonyl (C=O) groups is 2. The quantitative estimate of drug-likeness (QED) is 0.541. The number of hydrogen-bond acceptors (Lipinski definition) is 3. The summed E-state index contributed by atoms with van der Waals surface area (Å²) in [7, 11) is 0. The molecule has 26 heavy (non-hydrogen) atoms. The number of rotatable bonds is 4. The number of carbonyl (C=O) groups excluding carboxylic acids is 2. The van der Waals surface area contributed by atoms with Crippen LogP contribution in [-0.4, -0.2) is 16.8 Å².